The molecule has 1 aliphatic heterocycles. The van der Waals surface area contributed by atoms with E-state index >= 15 is 0 Å². The van der Waals surface area contributed by atoms with E-state index < -0.39 is 17.7 Å². The van der Waals surface area contributed by atoms with E-state index in [9.17, 15) is 13.6 Å². The molecule has 1 fully saturated rings. The topological polar surface area (TPSA) is 67.4 Å². The second kappa shape index (κ2) is 7.20. The lowest BCUT2D eigenvalue weighted by atomic mass is 10.1. The third kappa shape index (κ3) is 3.95. The molecule has 0 spiro atoms. The van der Waals surface area contributed by atoms with Crippen LogP contribution in [0.3, 0.4) is 0 Å². The van der Waals surface area contributed by atoms with Crippen LogP contribution < -0.4 is 10.1 Å². The van der Waals surface area contributed by atoms with E-state index in [0.29, 0.717) is 13.1 Å². The van der Waals surface area contributed by atoms with Crippen LogP contribution in [-0.2, 0) is 0 Å². The number of hydrogen-bond acceptors (Lipinski definition) is 4. The van der Waals surface area contributed by atoms with Crippen LogP contribution in [-0.4, -0.2) is 40.1 Å². The SMILES string of the molecule is O=C(Nc1ccccc1F)N1CCC[C@@H](Oc2ncc(F)cn2)C1. The van der Waals surface area contributed by atoms with Crippen LogP contribution >= 0.6 is 0 Å². The molecule has 0 unspecified atom stereocenters. The number of ether oxygens (including phenoxy) is 1. The fourth-order valence-electron chi connectivity index (χ4n) is 2.49. The number of likely N-dealkylation sites (tertiary alicyclic amines) is 1. The number of nitrogens with zero attached hydrogens (tertiary/aromatic N) is 3. The zero-order valence-electron chi connectivity index (χ0n) is 12.8. The van der Waals surface area contributed by atoms with Crippen molar-refractivity contribution in [2.75, 3.05) is 18.4 Å². The number of carbonyl (C=O) groups excluding carboxylic acids is 1. The highest BCUT2D eigenvalue weighted by Crippen LogP contribution is 2.18. The van der Waals surface area contributed by atoms with Gasteiger partial charge in [0.2, 0.25) is 0 Å². The average Bonchev–Trinajstić information content (AvgIpc) is 2.59. The number of aromatic nitrogens is 2. The van der Waals surface area contributed by atoms with E-state index in [1.807, 2.05) is 0 Å². The van der Waals surface area contributed by atoms with E-state index in [1.54, 1.807) is 17.0 Å². The Labute approximate surface area is 137 Å². The Balaban J connectivity index is 1.59. The van der Waals surface area contributed by atoms with Gasteiger partial charge in [0, 0.05) is 6.54 Å². The molecule has 0 saturated carbocycles. The molecule has 1 N–H and O–H groups in total. The quantitative estimate of drug-likeness (QED) is 0.937. The lowest BCUT2D eigenvalue weighted by molar-refractivity contribution is 0.0980. The third-order valence-corrected chi connectivity index (χ3v) is 3.65. The van der Waals surface area contributed by atoms with E-state index in [2.05, 4.69) is 15.3 Å². The highest BCUT2D eigenvalue weighted by molar-refractivity contribution is 5.89. The number of halogens is 2. The summed E-state index contributed by atoms with van der Waals surface area (Å²) in [6.45, 7) is 0.867. The van der Waals surface area contributed by atoms with Crippen molar-refractivity contribution in [1.82, 2.24) is 14.9 Å². The van der Waals surface area contributed by atoms with Crippen LogP contribution in [0.4, 0.5) is 19.3 Å². The lowest BCUT2D eigenvalue weighted by Gasteiger charge is -2.32. The van der Waals surface area contributed by atoms with E-state index in [4.69, 9.17) is 4.74 Å². The summed E-state index contributed by atoms with van der Waals surface area (Å²) in [6, 6.07) is 5.65. The Hall–Kier alpha value is -2.77. The van der Waals surface area contributed by atoms with Gasteiger partial charge in [-0.1, -0.05) is 12.1 Å². The Kier molecular flexibility index (Phi) is 4.83. The van der Waals surface area contributed by atoms with Gasteiger partial charge in [0.1, 0.15) is 11.9 Å². The number of para-hydroxylation sites is 1. The largest absolute Gasteiger partial charge is 0.458 e. The molecular weight excluding hydrogens is 318 g/mol. The Morgan fingerprint density at radius 2 is 2.00 bits per heavy atom. The highest BCUT2D eigenvalue weighted by Gasteiger charge is 2.26. The number of carbonyl (C=O) groups is 1. The number of rotatable bonds is 3. The van der Waals surface area contributed by atoms with Crippen molar-refractivity contribution in [2.45, 2.75) is 18.9 Å². The van der Waals surface area contributed by atoms with Crippen molar-refractivity contribution >= 4 is 11.7 Å². The third-order valence-electron chi connectivity index (χ3n) is 3.65. The van der Waals surface area contributed by atoms with E-state index in [-0.39, 0.29) is 17.8 Å². The monoisotopic (exact) mass is 334 g/mol. The summed E-state index contributed by atoms with van der Waals surface area (Å²) in [5, 5.41) is 2.55. The van der Waals surface area contributed by atoms with E-state index in [1.165, 1.54) is 12.1 Å². The van der Waals surface area contributed by atoms with Crippen molar-refractivity contribution in [3.05, 3.63) is 48.3 Å². The predicted octanol–water partition coefficient (Wildman–Crippen LogP) is 2.83. The normalized spacial score (nSPS) is 17.4. The molecule has 2 aromatic rings. The molecule has 0 radical (unpaired) electrons. The Bertz CT molecular complexity index is 711. The smallest absolute Gasteiger partial charge is 0.322 e. The van der Waals surface area contributed by atoms with Crippen molar-refractivity contribution in [3.8, 4) is 6.01 Å². The minimum absolute atomic E-state index is 0.0674. The van der Waals surface area contributed by atoms with E-state index in [0.717, 1.165) is 25.2 Å². The van der Waals surface area contributed by atoms with Gasteiger partial charge in [-0.05, 0) is 25.0 Å². The minimum atomic E-state index is -0.545. The Morgan fingerprint density at radius 1 is 1.25 bits per heavy atom. The minimum Gasteiger partial charge on any atom is -0.458 e. The lowest BCUT2D eigenvalue weighted by Crippen LogP contribution is -2.46. The summed E-state index contributed by atoms with van der Waals surface area (Å²) < 4.78 is 32.0. The molecule has 1 saturated heterocycles. The summed E-state index contributed by atoms with van der Waals surface area (Å²) in [7, 11) is 0. The van der Waals surface area contributed by atoms with Gasteiger partial charge in [-0.25, -0.2) is 23.5 Å². The molecule has 24 heavy (non-hydrogen) atoms. The van der Waals surface area contributed by atoms with Gasteiger partial charge in [-0.15, -0.1) is 0 Å². The maximum absolute atomic E-state index is 13.6. The molecular formula is C16H16F2N4O2. The first kappa shape index (κ1) is 16.1. The van der Waals surface area contributed by atoms with Crippen molar-refractivity contribution in [1.29, 1.82) is 0 Å². The van der Waals surface area contributed by atoms with Crippen LogP contribution in [0.2, 0.25) is 0 Å². The summed E-state index contributed by atoms with van der Waals surface area (Å²) >= 11 is 0. The molecule has 8 heteroatoms. The zero-order chi connectivity index (χ0) is 16.9. The highest BCUT2D eigenvalue weighted by atomic mass is 19.1. The molecule has 3 rings (SSSR count). The van der Waals surface area contributed by atoms with Crippen molar-refractivity contribution in [3.63, 3.8) is 0 Å². The number of benzene rings is 1. The van der Waals surface area contributed by atoms with Crippen LogP contribution in [0.1, 0.15) is 12.8 Å². The van der Waals surface area contributed by atoms with Crippen molar-refractivity contribution in [2.24, 2.45) is 0 Å². The molecule has 2 amide bonds. The summed E-state index contributed by atoms with van der Waals surface area (Å²) in [4.78, 5) is 21.3. The van der Waals surface area contributed by atoms with Gasteiger partial charge in [0.25, 0.3) is 0 Å². The van der Waals surface area contributed by atoms with Gasteiger partial charge < -0.3 is 15.0 Å². The Morgan fingerprint density at radius 3 is 2.75 bits per heavy atom. The van der Waals surface area contributed by atoms with Crippen LogP contribution in [0.15, 0.2) is 36.7 Å². The molecule has 1 aromatic carbocycles. The van der Waals surface area contributed by atoms with Crippen LogP contribution in [0.5, 0.6) is 6.01 Å². The van der Waals surface area contributed by atoms with Gasteiger partial charge in [-0.3, -0.25) is 0 Å². The molecule has 0 aliphatic carbocycles. The summed E-state index contributed by atoms with van der Waals surface area (Å²) in [5.41, 5.74) is 0.132. The molecule has 6 nitrogen and oxygen atoms in total. The zero-order valence-corrected chi connectivity index (χ0v) is 12.8. The fraction of sp³-hybridized carbons (Fsp3) is 0.312. The number of piperidine rings is 1. The molecule has 1 aliphatic rings. The standard InChI is InChI=1S/C16H16F2N4O2/c17-11-8-19-15(20-9-11)24-12-4-3-7-22(10-12)16(23)21-14-6-2-1-5-13(14)18/h1-2,5-6,8-9,12H,3-4,7,10H2,(H,21,23)/t12-/m1/s1. The number of hydrogen-bond donors (Lipinski definition) is 1. The molecule has 1 atom stereocenters. The first-order valence-corrected chi connectivity index (χ1v) is 7.56. The maximum Gasteiger partial charge on any atom is 0.322 e. The van der Waals surface area contributed by atoms with Crippen molar-refractivity contribution < 1.29 is 18.3 Å². The van der Waals surface area contributed by atoms with Gasteiger partial charge in [-0.2, -0.15) is 0 Å². The average molecular weight is 334 g/mol. The second-order valence-corrected chi connectivity index (χ2v) is 5.42. The number of urea groups is 1. The number of nitrogens with one attached hydrogen (secondary N) is 1. The van der Waals surface area contributed by atoms with Gasteiger partial charge in [0.15, 0.2) is 5.82 Å². The maximum atomic E-state index is 13.6. The van der Waals surface area contributed by atoms with Gasteiger partial charge in [0.05, 0.1) is 24.6 Å². The number of amides is 2. The molecule has 2 heterocycles. The van der Waals surface area contributed by atoms with Crippen LogP contribution in [0.25, 0.3) is 0 Å². The fourth-order valence-corrected chi connectivity index (χ4v) is 2.49. The van der Waals surface area contributed by atoms with Crippen LogP contribution in [0, 0.1) is 11.6 Å². The first-order chi connectivity index (χ1) is 11.6. The summed E-state index contributed by atoms with van der Waals surface area (Å²) in [6.07, 6.45) is 3.21. The first-order valence-electron chi connectivity index (χ1n) is 7.56. The number of anilines is 1. The predicted molar refractivity (Wildman–Crippen MR) is 82.6 cm³/mol. The summed E-state index contributed by atoms with van der Waals surface area (Å²) in [5.74, 6) is -1.03. The molecule has 0 bridgehead atoms. The van der Waals surface area contributed by atoms with Gasteiger partial charge >= 0.3 is 12.0 Å². The second-order valence-electron chi connectivity index (χ2n) is 5.42. The molecule has 126 valence electrons. The molecule has 1 aromatic heterocycles.